The molecule has 0 fully saturated rings. The third-order valence-electron chi connectivity index (χ3n) is 3.52. The summed E-state index contributed by atoms with van der Waals surface area (Å²) in [5, 5.41) is 1.02. The Morgan fingerprint density at radius 3 is 2.58 bits per heavy atom. The summed E-state index contributed by atoms with van der Waals surface area (Å²) in [6.45, 7) is 0. The third kappa shape index (κ3) is 3.71. The molecule has 0 amide bonds. The zero-order valence-electron chi connectivity index (χ0n) is 13.6. The minimum atomic E-state index is 0.410. The third-order valence-corrected chi connectivity index (χ3v) is 5.34. The number of ether oxygens (including phenoxy) is 1. The van der Waals surface area contributed by atoms with Crippen LogP contribution in [0, 0.1) is 0 Å². The van der Waals surface area contributed by atoms with E-state index in [4.69, 9.17) is 16.2 Å². The van der Waals surface area contributed by atoms with Crippen LogP contribution in [0.3, 0.4) is 0 Å². The van der Waals surface area contributed by atoms with Gasteiger partial charge < -0.3 is 16.2 Å². The number of anilines is 2. The van der Waals surface area contributed by atoms with Gasteiger partial charge in [0.1, 0.15) is 22.0 Å². The van der Waals surface area contributed by atoms with Crippen LogP contribution in [-0.4, -0.2) is 15.0 Å². The highest BCUT2D eigenvalue weighted by molar-refractivity contribution is 7.98. The summed E-state index contributed by atoms with van der Waals surface area (Å²) in [7, 11) is 0. The molecule has 0 saturated heterocycles. The highest BCUT2D eigenvalue weighted by Gasteiger charge is 2.11. The SMILES string of the molecule is Nc1nc2nc(SCc3cccc(Oc4ccccc4)c3)nc(N)c2s1. The lowest BCUT2D eigenvalue weighted by Gasteiger charge is -2.07. The van der Waals surface area contributed by atoms with Gasteiger partial charge in [-0.15, -0.1) is 0 Å². The minimum Gasteiger partial charge on any atom is -0.457 e. The van der Waals surface area contributed by atoms with Crippen molar-refractivity contribution in [3.63, 3.8) is 0 Å². The Kier molecular flexibility index (Phi) is 4.59. The molecule has 0 aliphatic carbocycles. The van der Waals surface area contributed by atoms with E-state index in [-0.39, 0.29) is 0 Å². The molecule has 2 heterocycles. The van der Waals surface area contributed by atoms with E-state index in [1.165, 1.54) is 23.1 Å². The Bertz CT molecular complexity index is 1050. The molecule has 0 saturated carbocycles. The van der Waals surface area contributed by atoms with Crippen molar-refractivity contribution in [1.29, 1.82) is 0 Å². The number of thiazole rings is 1. The highest BCUT2D eigenvalue weighted by Crippen LogP contribution is 2.30. The van der Waals surface area contributed by atoms with Crippen molar-refractivity contribution in [2.45, 2.75) is 10.9 Å². The molecule has 26 heavy (non-hydrogen) atoms. The van der Waals surface area contributed by atoms with Crippen LogP contribution in [0.25, 0.3) is 10.3 Å². The maximum absolute atomic E-state index is 5.98. The van der Waals surface area contributed by atoms with Crippen molar-refractivity contribution in [2.75, 3.05) is 11.5 Å². The summed E-state index contributed by atoms with van der Waals surface area (Å²) >= 11 is 2.79. The van der Waals surface area contributed by atoms with Crippen molar-refractivity contribution >= 4 is 44.4 Å². The van der Waals surface area contributed by atoms with Crippen molar-refractivity contribution in [3.8, 4) is 11.5 Å². The van der Waals surface area contributed by atoms with Gasteiger partial charge in [-0.1, -0.05) is 53.4 Å². The number of para-hydroxylation sites is 1. The zero-order valence-corrected chi connectivity index (χ0v) is 15.3. The molecule has 6 nitrogen and oxygen atoms in total. The summed E-state index contributed by atoms with van der Waals surface area (Å²) in [5.41, 5.74) is 13.3. The van der Waals surface area contributed by atoms with Crippen LogP contribution in [0.5, 0.6) is 11.5 Å². The van der Waals surface area contributed by atoms with Gasteiger partial charge in [-0.25, -0.2) is 15.0 Å². The first-order valence-electron chi connectivity index (χ1n) is 7.81. The fourth-order valence-corrected chi connectivity index (χ4v) is 3.84. The number of fused-ring (bicyclic) bond motifs is 1. The molecule has 0 atom stereocenters. The summed E-state index contributed by atoms with van der Waals surface area (Å²) in [6, 6.07) is 17.6. The molecule has 4 aromatic rings. The normalized spacial score (nSPS) is 10.9. The van der Waals surface area contributed by atoms with Crippen molar-refractivity contribution in [2.24, 2.45) is 0 Å². The van der Waals surface area contributed by atoms with Gasteiger partial charge in [0.15, 0.2) is 15.9 Å². The fourth-order valence-electron chi connectivity index (χ4n) is 2.38. The second-order valence-corrected chi connectivity index (χ2v) is 7.42. The predicted octanol–water partition coefficient (Wildman–Crippen LogP) is 4.34. The monoisotopic (exact) mass is 381 g/mol. The van der Waals surface area contributed by atoms with E-state index in [1.807, 2.05) is 54.6 Å². The summed E-state index contributed by atoms with van der Waals surface area (Å²) in [4.78, 5) is 12.9. The second kappa shape index (κ2) is 7.19. The number of nitrogens with two attached hydrogens (primary N) is 2. The molecule has 0 radical (unpaired) electrons. The maximum Gasteiger partial charge on any atom is 0.191 e. The number of hydrogen-bond acceptors (Lipinski definition) is 8. The summed E-state index contributed by atoms with van der Waals surface area (Å²) in [5.74, 6) is 2.70. The van der Waals surface area contributed by atoms with Gasteiger partial charge >= 0.3 is 0 Å². The quantitative estimate of drug-likeness (QED) is 0.392. The van der Waals surface area contributed by atoms with Gasteiger partial charge in [-0.05, 0) is 29.8 Å². The fraction of sp³-hybridized carbons (Fsp3) is 0.0556. The minimum absolute atomic E-state index is 0.410. The van der Waals surface area contributed by atoms with Crippen LogP contribution >= 0.6 is 23.1 Å². The zero-order chi connectivity index (χ0) is 17.9. The molecule has 130 valence electrons. The van der Waals surface area contributed by atoms with Crippen molar-refractivity contribution in [1.82, 2.24) is 15.0 Å². The molecule has 4 rings (SSSR count). The van der Waals surface area contributed by atoms with Gasteiger partial charge in [-0.2, -0.15) is 0 Å². The molecule has 0 aliphatic rings. The van der Waals surface area contributed by atoms with Gasteiger partial charge in [0.25, 0.3) is 0 Å². The molecule has 0 bridgehead atoms. The molecule has 0 aliphatic heterocycles. The van der Waals surface area contributed by atoms with Gasteiger partial charge in [0.2, 0.25) is 0 Å². The van der Waals surface area contributed by atoms with Crippen molar-refractivity contribution in [3.05, 3.63) is 60.2 Å². The van der Waals surface area contributed by atoms with Crippen LogP contribution in [0.1, 0.15) is 5.56 Å². The Balaban J connectivity index is 1.49. The van der Waals surface area contributed by atoms with Crippen molar-refractivity contribution < 1.29 is 4.74 Å². The molecule has 0 spiro atoms. The van der Waals surface area contributed by atoms with Crippen LogP contribution < -0.4 is 16.2 Å². The lowest BCUT2D eigenvalue weighted by atomic mass is 10.2. The molecule has 4 N–H and O–H groups in total. The number of benzene rings is 2. The van der Waals surface area contributed by atoms with Crippen LogP contribution in [0.2, 0.25) is 0 Å². The van der Waals surface area contributed by atoms with Gasteiger partial charge in [0, 0.05) is 5.75 Å². The van der Waals surface area contributed by atoms with Gasteiger partial charge in [-0.3, -0.25) is 0 Å². The van der Waals surface area contributed by atoms with E-state index in [9.17, 15) is 0 Å². The lowest BCUT2D eigenvalue weighted by molar-refractivity contribution is 0.482. The lowest BCUT2D eigenvalue weighted by Crippen LogP contribution is -1.96. The highest BCUT2D eigenvalue weighted by atomic mass is 32.2. The Morgan fingerprint density at radius 1 is 0.923 bits per heavy atom. The molecular weight excluding hydrogens is 366 g/mol. The average molecular weight is 381 g/mol. The molecule has 8 heteroatoms. The second-order valence-electron chi connectivity index (χ2n) is 5.45. The smallest absolute Gasteiger partial charge is 0.191 e. The number of aromatic nitrogens is 3. The van der Waals surface area contributed by atoms with E-state index in [1.54, 1.807) is 0 Å². The standard InChI is InChI=1S/C18H15N5OS2/c19-15-14-16(22-17(20)26-14)23-18(21-15)25-10-11-5-4-8-13(9-11)24-12-6-2-1-3-7-12/h1-9H,10H2,(H4,19,20,21,22,23). The summed E-state index contributed by atoms with van der Waals surface area (Å²) in [6.07, 6.45) is 0. The first-order chi connectivity index (χ1) is 12.7. The largest absolute Gasteiger partial charge is 0.457 e. The number of nitrogens with zero attached hydrogens (tertiary/aromatic N) is 3. The van der Waals surface area contributed by atoms with E-state index in [2.05, 4.69) is 15.0 Å². The van der Waals surface area contributed by atoms with E-state index in [0.717, 1.165) is 21.8 Å². The molecule has 2 aromatic heterocycles. The molecule has 2 aromatic carbocycles. The van der Waals surface area contributed by atoms with Crippen LogP contribution in [0.4, 0.5) is 10.9 Å². The first kappa shape index (κ1) is 16.6. The van der Waals surface area contributed by atoms with Crippen LogP contribution in [-0.2, 0) is 5.75 Å². The molecule has 0 unspecified atom stereocenters. The first-order valence-corrected chi connectivity index (χ1v) is 9.62. The van der Waals surface area contributed by atoms with E-state index < -0.39 is 0 Å². The van der Waals surface area contributed by atoms with E-state index >= 15 is 0 Å². The average Bonchev–Trinajstić information content (AvgIpc) is 3.02. The van der Waals surface area contributed by atoms with Crippen LogP contribution in [0.15, 0.2) is 59.8 Å². The number of thioether (sulfide) groups is 1. The maximum atomic E-state index is 5.98. The predicted molar refractivity (Wildman–Crippen MR) is 107 cm³/mol. The Labute approximate surface area is 158 Å². The number of nitrogen functional groups attached to an aromatic ring is 2. The van der Waals surface area contributed by atoms with E-state index in [0.29, 0.717) is 27.5 Å². The Hall–Kier alpha value is -2.84. The number of hydrogen-bond donors (Lipinski definition) is 2. The topological polar surface area (TPSA) is 99.9 Å². The summed E-state index contributed by atoms with van der Waals surface area (Å²) < 4.78 is 6.59. The Morgan fingerprint density at radius 2 is 1.73 bits per heavy atom. The van der Waals surface area contributed by atoms with Gasteiger partial charge in [0.05, 0.1) is 0 Å². The number of rotatable bonds is 5. The molecular formula is C18H15N5OS2.